The van der Waals surface area contributed by atoms with Crippen LogP contribution in [0, 0.1) is 0 Å². The summed E-state index contributed by atoms with van der Waals surface area (Å²) in [5.41, 5.74) is 1.07. The number of thiazole rings is 1. The van der Waals surface area contributed by atoms with Crippen LogP contribution in [0.25, 0.3) is 10.6 Å². The van der Waals surface area contributed by atoms with E-state index in [4.69, 9.17) is 0 Å². The molecule has 1 aromatic carbocycles. The maximum atomic E-state index is 10.8. The summed E-state index contributed by atoms with van der Waals surface area (Å²) in [6, 6.07) is 9.89. The summed E-state index contributed by atoms with van der Waals surface area (Å²) in [6.07, 6.45) is 1.68. The Bertz CT molecular complexity index is 464. The van der Waals surface area contributed by atoms with Crippen LogP contribution in [0.4, 0.5) is 5.00 Å². The number of amides is 1. The Hall–Kier alpha value is -1.68. The first-order valence-corrected chi connectivity index (χ1v) is 5.36. The summed E-state index contributed by atoms with van der Waals surface area (Å²) >= 11 is 1.47. The molecule has 76 valence electrons. The quantitative estimate of drug-likeness (QED) is 0.842. The fraction of sp³-hybridized carbons (Fsp3) is 0.0909. The zero-order valence-electron chi connectivity index (χ0n) is 8.23. The molecule has 0 fully saturated rings. The van der Waals surface area contributed by atoms with Gasteiger partial charge in [0.1, 0.15) is 10.0 Å². The normalized spacial score (nSPS) is 9.93. The average molecular weight is 218 g/mol. The van der Waals surface area contributed by atoms with Gasteiger partial charge in [0.25, 0.3) is 0 Å². The van der Waals surface area contributed by atoms with Crippen LogP contribution < -0.4 is 5.32 Å². The number of carbonyl (C=O) groups is 1. The third-order valence-corrected chi connectivity index (χ3v) is 2.79. The van der Waals surface area contributed by atoms with E-state index in [0.29, 0.717) is 0 Å². The molecule has 0 saturated heterocycles. The number of hydrogen-bond acceptors (Lipinski definition) is 3. The van der Waals surface area contributed by atoms with Gasteiger partial charge in [-0.05, 0) is 0 Å². The molecule has 4 heteroatoms. The highest BCUT2D eigenvalue weighted by atomic mass is 32.1. The minimum absolute atomic E-state index is 0.0711. The topological polar surface area (TPSA) is 42.0 Å². The zero-order chi connectivity index (χ0) is 10.7. The van der Waals surface area contributed by atoms with Gasteiger partial charge in [0.2, 0.25) is 5.91 Å². The van der Waals surface area contributed by atoms with Gasteiger partial charge in [-0.2, -0.15) is 0 Å². The van der Waals surface area contributed by atoms with E-state index in [1.165, 1.54) is 18.3 Å². The highest BCUT2D eigenvalue weighted by molar-refractivity contribution is 7.19. The van der Waals surface area contributed by atoms with Crippen molar-refractivity contribution in [1.29, 1.82) is 0 Å². The third-order valence-electron chi connectivity index (χ3n) is 1.83. The van der Waals surface area contributed by atoms with E-state index < -0.39 is 0 Å². The summed E-state index contributed by atoms with van der Waals surface area (Å²) in [5, 5.41) is 4.41. The van der Waals surface area contributed by atoms with Gasteiger partial charge >= 0.3 is 0 Å². The molecule has 0 radical (unpaired) electrons. The van der Waals surface area contributed by atoms with Gasteiger partial charge < -0.3 is 5.32 Å². The molecule has 2 rings (SSSR count). The lowest BCUT2D eigenvalue weighted by Gasteiger charge is -1.94. The van der Waals surface area contributed by atoms with Crippen molar-refractivity contribution in [3.63, 3.8) is 0 Å². The predicted molar refractivity (Wildman–Crippen MR) is 61.9 cm³/mol. The fourth-order valence-electron chi connectivity index (χ4n) is 1.22. The molecule has 0 atom stereocenters. The molecule has 0 aliphatic heterocycles. The molecule has 0 unspecified atom stereocenters. The van der Waals surface area contributed by atoms with E-state index in [-0.39, 0.29) is 5.91 Å². The molecular weight excluding hydrogens is 208 g/mol. The smallest absolute Gasteiger partial charge is 0.221 e. The third kappa shape index (κ3) is 2.41. The minimum Gasteiger partial charge on any atom is -0.317 e. The number of carbonyl (C=O) groups excluding carboxylic acids is 1. The molecule has 1 amide bonds. The van der Waals surface area contributed by atoms with Crippen LogP contribution >= 0.6 is 11.3 Å². The monoisotopic (exact) mass is 218 g/mol. The Morgan fingerprint density at radius 1 is 1.33 bits per heavy atom. The Balaban J connectivity index is 2.24. The molecule has 0 bridgehead atoms. The predicted octanol–water partition coefficient (Wildman–Crippen LogP) is 2.77. The second-order valence-electron chi connectivity index (χ2n) is 3.08. The highest BCUT2D eigenvalue weighted by Crippen LogP contribution is 2.27. The van der Waals surface area contributed by atoms with Crippen molar-refractivity contribution in [2.45, 2.75) is 6.92 Å². The number of nitrogens with one attached hydrogen (secondary N) is 1. The van der Waals surface area contributed by atoms with Gasteiger partial charge in [0.05, 0.1) is 6.20 Å². The van der Waals surface area contributed by atoms with Crippen LogP contribution in [0.1, 0.15) is 6.92 Å². The van der Waals surface area contributed by atoms with Crippen molar-refractivity contribution in [2.24, 2.45) is 0 Å². The lowest BCUT2D eigenvalue weighted by Crippen LogP contribution is -2.03. The largest absolute Gasteiger partial charge is 0.317 e. The molecule has 0 aliphatic carbocycles. The standard InChI is InChI=1S/C11H10N2OS/c1-8(14)13-10-7-12-11(15-10)9-5-3-2-4-6-9/h2-7H,1H3,(H,13,14). The summed E-state index contributed by atoms with van der Waals surface area (Å²) in [6.45, 7) is 1.49. The zero-order valence-corrected chi connectivity index (χ0v) is 9.04. The fourth-order valence-corrected chi connectivity index (χ4v) is 2.09. The summed E-state index contributed by atoms with van der Waals surface area (Å²) in [7, 11) is 0. The first kappa shape index (κ1) is 9.86. The highest BCUT2D eigenvalue weighted by Gasteiger charge is 2.04. The van der Waals surface area contributed by atoms with Crippen LogP contribution in [0.3, 0.4) is 0 Å². The van der Waals surface area contributed by atoms with Crippen LogP contribution in [-0.2, 0) is 4.79 Å². The molecule has 2 aromatic rings. The number of benzene rings is 1. The van der Waals surface area contributed by atoms with Crippen LogP contribution in [0.5, 0.6) is 0 Å². The van der Waals surface area contributed by atoms with Gasteiger partial charge in [-0.1, -0.05) is 41.7 Å². The van der Waals surface area contributed by atoms with Crippen molar-refractivity contribution in [1.82, 2.24) is 4.98 Å². The number of hydrogen-bond donors (Lipinski definition) is 1. The van der Waals surface area contributed by atoms with E-state index >= 15 is 0 Å². The Kier molecular flexibility index (Phi) is 2.78. The van der Waals surface area contributed by atoms with E-state index in [9.17, 15) is 4.79 Å². The van der Waals surface area contributed by atoms with E-state index in [1.807, 2.05) is 30.3 Å². The second-order valence-corrected chi connectivity index (χ2v) is 4.11. The van der Waals surface area contributed by atoms with Gasteiger partial charge in [0, 0.05) is 12.5 Å². The molecule has 1 heterocycles. The molecule has 0 aliphatic rings. The molecule has 3 nitrogen and oxygen atoms in total. The number of aromatic nitrogens is 1. The molecule has 0 saturated carbocycles. The van der Waals surface area contributed by atoms with Crippen LogP contribution in [0.15, 0.2) is 36.5 Å². The van der Waals surface area contributed by atoms with Gasteiger partial charge in [-0.15, -0.1) is 0 Å². The van der Waals surface area contributed by atoms with E-state index in [2.05, 4.69) is 10.3 Å². The van der Waals surface area contributed by atoms with Crippen molar-refractivity contribution in [3.05, 3.63) is 36.5 Å². The lowest BCUT2D eigenvalue weighted by molar-refractivity contribution is -0.114. The second kappa shape index (κ2) is 4.23. The lowest BCUT2D eigenvalue weighted by atomic mass is 10.2. The summed E-state index contributed by atoms with van der Waals surface area (Å²) in [4.78, 5) is 15.1. The van der Waals surface area contributed by atoms with Crippen molar-refractivity contribution in [2.75, 3.05) is 5.32 Å². The Morgan fingerprint density at radius 3 is 2.73 bits per heavy atom. The Labute approximate surface area is 91.8 Å². The van der Waals surface area contributed by atoms with Crippen molar-refractivity contribution >= 4 is 22.2 Å². The van der Waals surface area contributed by atoms with Crippen molar-refractivity contribution in [3.8, 4) is 10.6 Å². The van der Waals surface area contributed by atoms with Gasteiger partial charge in [0.15, 0.2) is 0 Å². The number of anilines is 1. The number of nitrogens with zero attached hydrogens (tertiary/aromatic N) is 1. The number of rotatable bonds is 2. The van der Waals surface area contributed by atoms with Crippen LogP contribution in [0.2, 0.25) is 0 Å². The molecule has 1 aromatic heterocycles. The van der Waals surface area contributed by atoms with Crippen molar-refractivity contribution < 1.29 is 4.79 Å². The summed E-state index contributed by atoms with van der Waals surface area (Å²) in [5.74, 6) is -0.0711. The van der Waals surface area contributed by atoms with E-state index in [1.54, 1.807) is 6.20 Å². The first-order valence-electron chi connectivity index (χ1n) is 4.54. The maximum Gasteiger partial charge on any atom is 0.221 e. The minimum atomic E-state index is -0.0711. The summed E-state index contributed by atoms with van der Waals surface area (Å²) < 4.78 is 0. The molecular formula is C11H10N2OS. The molecule has 1 N–H and O–H groups in total. The van der Waals surface area contributed by atoms with Gasteiger partial charge in [-0.25, -0.2) is 4.98 Å². The Morgan fingerprint density at radius 2 is 2.07 bits per heavy atom. The van der Waals surface area contributed by atoms with Crippen LogP contribution in [-0.4, -0.2) is 10.9 Å². The molecule has 15 heavy (non-hydrogen) atoms. The average Bonchev–Trinajstić information content (AvgIpc) is 2.67. The maximum absolute atomic E-state index is 10.8. The van der Waals surface area contributed by atoms with E-state index in [0.717, 1.165) is 15.6 Å². The SMILES string of the molecule is CC(=O)Nc1cnc(-c2ccccc2)s1. The first-order chi connectivity index (χ1) is 7.25. The van der Waals surface area contributed by atoms with Gasteiger partial charge in [-0.3, -0.25) is 4.79 Å². The molecule has 0 spiro atoms.